The second-order valence-electron chi connectivity index (χ2n) is 7.52. The number of rotatable bonds is 14. The number of aliphatic hydroxyl groups is 1. The van der Waals surface area contributed by atoms with Gasteiger partial charge in [0.25, 0.3) is 0 Å². The third-order valence-corrected chi connectivity index (χ3v) is 6.74. The van der Waals surface area contributed by atoms with Crippen LogP contribution in [0.5, 0.6) is 5.75 Å². The second kappa shape index (κ2) is 14.9. The van der Waals surface area contributed by atoms with Gasteiger partial charge in [-0.15, -0.1) is 0 Å². The number of aliphatic hydroxyl groups excluding tert-OH is 1. The molecule has 0 bridgehead atoms. The number of ether oxygens (including phenoxy) is 4. The number of alkyl carbamates (subject to hydrolysis) is 1. The second-order valence-corrected chi connectivity index (χ2v) is 9.97. The Morgan fingerprint density at radius 3 is 2.47 bits per heavy atom. The molecule has 2 atom stereocenters. The smallest absolute Gasteiger partial charge is 0.410 e. The van der Waals surface area contributed by atoms with Crippen LogP contribution in [0, 0.1) is 0 Å². The van der Waals surface area contributed by atoms with Gasteiger partial charge in [0.15, 0.2) is 19.2 Å². The monoisotopic (exact) mass is 523 g/mol. The maximum absolute atomic E-state index is 12.6. The van der Waals surface area contributed by atoms with E-state index in [0.29, 0.717) is 0 Å². The summed E-state index contributed by atoms with van der Waals surface area (Å²) >= 11 is 0. The Morgan fingerprint density at radius 2 is 1.75 bits per heavy atom. The van der Waals surface area contributed by atoms with Crippen molar-refractivity contribution in [1.29, 1.82) is 0 Å². The molecule has 0 saturated carbocycles. The van der Waals surface area contributed by atoms with E-state index in [4.69, 9.17) is 18.9 Å². The zero-order valence-electron chi connectivity index (χ0n) is 19.8. The first kappa shape index (κ1) is 28.8. The molecule has 196 valence electrons. The minimum absolute atomic E-state index is 0.0266. The third kappa shape index (κ3) is 10.5. The fraction of sp³-hybridized carbons (Fsp3) is 0.375. The van der Waals surface area contributed by atoms with Gasteiger partial charge < -0.3 is 28.9 Å². The Bertz CT molecular complexity index is 1050. The fourth-order valence-electron chi connectivity index (χ4n) is 2.94. The molecule has 11 nitrogen and oxygen atoms in total. The molecular weight excluding hydrogens is 493 g/mol. The Labute approximate surface area is 208 Å². The normalized spacial score (nSPS) is 13.1. The molecule has 1 amide bonds. The van der Waals surface area contributed by atoms with E-state index in [-0.39, 0.29) is 50.1 Å². The van der Waals surface area contributed by atoms with E-state index in [0.717, 1.165) is 5.56 Å². The molecule has 12 heteroatoms. The number of benzene rings is 2. The minimum Gasteiger partial charge on any atom is -0.482 e. The number of amides is 1. The van der Waals surface area contributed by atoms with Crippen molar-refractivity contribution in [2.45, 2.75) is 32.2 Å². The predicted octanol–water partition coefficient (Wildman–Crippen LogP) is 3.10. The SMILES string of the molecule is CCOC(=O)COc1cccc([C@@H](O)P(=O)(O)CCCC(=O)OCNC(=O)OCc2ccccc2)c1. The Hall–Kier alpha value is -3.40. The van der Waals surface area contributed by atoms with Crippen molar-refractivity contribution in [1.82, 2.24) is 5.32 Å². The Kier molecular flexibility index (Phi) is 11.9. The van der Waals surface area contributed by atoms with Crippen LogP contribution in [-0.2, 0) is 35.0 Å². The van der Waals surface area contributed by atoms with Gasteiger partial charge in [0.05, 0.1) is 6.61 Å². The molecule has 0 heterocycles. The quantitative estimate of drug-likeness (QED) is 0.145. The van der Waals surface area contributed by atoms with Crippen LogP contribution < -0.4 is 10.1 Å². The van der Waals surface area contributed by atoms with Crippen LogP contribution in [0.1, 0.15) is 36.7 Å². The van der Waals surface area contributed by atoms with E-state index in [1.165, 1.54) is 24.3 Å². The van der Waals surface area contributed by atoms with Crippen molar-refractivity contribution in [3.63, 3.8) is 0 Å². The molecule has 2 rings (SSSR count). The average molecular weight is 523 g/mol. The van der Waals surface area contributed by atoms with E-state index < -0.39 is 38.0 Å². The number of esters is 2. The van der Waals surface area contributed by atoms with Crippen LogP contribution in [0.15, 0.2) is 54.6 Å². The van der Waals surface area contributed by atoms with Crippen LogP contribution in [0.3, 0.4) is 0 Å². The first-order chi connectivity index (χ1) is 17.2. The molecule has 2 aromatic rings. The van der Waals surface area contributed by atoms with Gasteiger partial charge in [-0.1, -0.05) is 42.5 Å². The Morgan fingerprint density at radius 1 is 1.00 bits per heavy atom. The molecule has 0 radical (unpaired) electrons. The van der Waals surface area contributed by atoms with E-state index in [1.807, 2.05) is 18.2 Å². The summed E-state index contributed by atoms with van der Waals surface area (Å²) in [6.07, 6.45) is -1.32. The van der Waals surface area contributed by atoms with Crippen LogP contribution in [0.2, 0.25) is 0 Å². The molecule has 0 aliphatic heterocycles. The maximum Gasteiger partial charge on any atom is 0.410 e. The van der Waals surface area contributed by atoms with Crippen LogP contribution >= 0.6 is 7.37 Å². The third-order valence-electron chi connectivity index (χ3n) is 4.72. The van der Waals surface area contributed by atoms with E-state index in [9.17, 15) is 28.9 Å². The molecule has 36 heavy (non-hydrogen) atoms. The number of carbonyl (C=O) groups excluding carboxylic acids is 3. The summed E-state index contributed by atoms with van der Waals surface area (Å²) in [6.45, 7) is 1.18. The summed E-state index contributed by atoms with van der Waals surface area (Å²) in [7, 11) is -4.10. The van der Waals surface area contributed by atoms with Crippen LogP contribution in [0.4, 0.5) is 4.79 Å². The first-order valence-electron chi connectivity index (χ1n) is 11.2. The highest BCUT2D eigenvalue weighted by Gasteiger charge is 2.30. The molecule has 1 unspecified atom stereocenters. The molecule has 0 aliphatic carbocycles. The van der Waals surface area contributed by atoms with Gasteiger partial charge in [0, 0.05) is 12.6 Å². The number of carbonyl (C=O) groups is 3. The lowest BCUT2D eigenvalue weighted by molar-refractivity contribution is -0.145. The van der Waals surface area contributed by atoms with Gasteiger partial charge in [0.1, 0.15) is 12.4 Å². The maximum atomic E-state index is 12.6. The largest absolute Gasteiger partial charge is 0.482 e. The standard InChI is InChI=1S/C24H30NO10P/c1-2-32-22(27)16-33-20-11-6-10-19(14-20)23(28)36(30,31)13-7-12-21(26)35-17-25-24(29)34-15-18-8-4-3-5-9-18/h3-6,8-11,14,23,28H,2,7,12-13,15-17H2,1H3,(H,25,29)(H,30,31)/t23-/m0/s1. The highest BCUT2D eigenvalue weighted by Crippen LogP contribution is 2.54. The van der Waals surface area contributed by atoms with Gasteiger partial charge in [-0.25, -0.2) is 9.59 Å². The molecule has 0 aromatic heterocycles. The molecule has 0 fully saturated rings. The molecule has 0 aliphatic rings. The summed E-state index contributed by atoms with van der Waals surface area (Å²) in [4.78, 5) is 45.2. The lowest BCUT2D eigenvalue weighted by Gasteiger charge is -2.19. The van der Waals surface area contributed by atoms with E-state index in [1.54, 1.807) is 19.1 Å². The summed E-state index contributed by atoms with van der Waals surface area (Å²) in [5.41, 5.74) is 0.930. The summed E-state index contributed by atoms with van der Waals surface area (Å²) in [6, 6.07) is 14.9. The fourth-order valence-corrected chi connectivity index (χ4v) is 4.42. The van der Waals surface area contributed by atoms with Crippen LogP contribution in [0.25, 0.3) is 0 Å². The summed E-state index contributed by atoms with van der Waals surface area (Å²) in [5, 5.41) is 12.7. The molecule has 2 aromatic carbocycles. The minimum atomic E-state index is -4.10. The van der Waals surface area contributed by atoms with Crippen molar-refractivity contribution in [3.05, 3.63) is 65.7 Å². The predicted molar refractivity (Wildman–Crippen MR) is 128 cm³/mol. The molecular formula is C24H30NO10P. The topological polar surface area (TPSA) is 158 Å². The lowest BCUT2D eigenvalue weighted by atomic mass is 10.2. The van der Waals surface area contributed by atoms with Gasteiger partial charge in [-0.2, -0.15) is 0 Å². The van der Waals surface area contributed by atoms with Crippen molar-refractivity contribution >= 4 is 25.4 Å². The van der Waals surface area contributed by atoms with E-state index in [2.05, 4.69) is 5.32 Å². The van der Waals surface area contributed by atoms with Crippen molar-refractivity contribution in [2.75, 3.05) is 26.1 Å². The van der Waals surface area contributed by atoms with Crippen molar-refractivity contribution in [2.24, 2.45) is 0 Å². The highest BCUT2D eigenvalue weighted by molar-refractivity contribution is 7.58. The number of hydrogen-bond donors (Lipinski definition) is 3. The highest BCUT2D eigenvalue weighted by atomic mass is 31.2. The van der Waals surface area contributed by atoms with Crippen molar-refractivity contribution < 1.29 is 47.9 Å². The van der Waals surface area contributed by atoms with Gasteiger partial charge in [0.2, 0.25) is 7.37 Å². The number of hydrogen-bond acceptors (Lipinski definition) is 9. The Balaban J connectivity index is 1.70. The number of nitrogens with one attached hydrogen (secondary N) is 1. The van der Waals surface area contributed by atoms with Gasteiger partial charge in [-0.05, 0) is 36.6 Å². The molecule has 0 saturated heterocycles. The van der Waals surface area contributed by atoms with Gasteiger partial charge in [-0.3, -0.25) is 14.7 Å². The first-order valence-corrected chi connectivity index (χ1v) is 13.1. The van der Waals surface area contributed by atoms with Crippen molar-refractivity contribution in [3.8, 4) is 5.75 Å². The zero-order valence-corrected chi connectivity index (χ0v) is 20.7. The summed E-state index contributed by atoms with van der Waals surface area (Å²) in [5.74, 6) is -2.75. The van der Waals surface area contributed by atoms with Gasteiger partial charge >= 0.3 is 18.0 Å². The average Bonchev–Trinajstić information content (AvgIpc) is 2.86. The van der Waals surface area contributed by atoms with Crippen LogP contribution in [-0.4, -0.2) is 54.1 Å². The lowest BCUT2D eigenvalue weighted by Crippen LogP contribution is -2.28. The summed E-state index contributed by atoms with van der Waals surface area (Å²) < 4.78 is 32.5. The molecule has 0 spiro atoms. The molecule has 3 N–H and O–H groups in total. The van der Waals surface area contributed by atoms with E-state index >= 15 is 0 Å². The zero-order chi connectivity index (χ0) is 26.4.